The lowest BCUT2D eigenvalue weighted by molar-refractivity contribution is 0.948. The van der Waals surface area contributed by atoms with Gasteiger partial charge in [-0.25, -0.2) is 0 Å². The molecule has 0 amide bonds. The van der Waals surface area contributed by atoms with Crippen molar-refractivity contribution in [3.05, 3.63) is 12.7 Å². The van der Waals surface area contributed by atoms with E-state index in [2.05, 4.69) is 22.1 Å². The van der Waals surface area contributed by atoms with Crippen LogP contribution in [-0.2, 0) is 0 Å². The first-order chi connectivity index (χ1) is 4.81. The van der Waals surface area contributed by atoms with Crippen molar-refractivity contribution in [2.75, 3.05) is 6.54 Å². The summed E-state index contributed by atoms with van der Waals surface area (Å²) in [7, 11) is 0. The number of nitrogens with zero attached hydrogens (tertiary/aromatic N) is 2. The van der Waals surface area contributed by atoms with Crippen LogP contribution in [0.5, 0.6) is 0 Å². The first kappa shape index (κ1) is 8.88. The Bertz CT molecular complexity index is 147. The molecule has 0 atom stereocenters. The van der Waals surface area contributed by atoms with E-state index in [-0.39, 0.29) is 0 Å². The van der Waals surface area contributed by atoms with Crippen molar-refractivity contribution in [3.63, 3.8) is 0 Å². The maximum atomic E-state index is 3.81. The monoisotopic (exact) mass is 139 g/mol. The highest BCUT2D eigenvalue weighted by molar-refractivity contribution is 5.80. The van der Waals surface area contributed by atoms with Gasteiger partial charge in [0.05, 0.1) is 0 Å². The molecule has 0 aromatic carbocycles. The average molecular weight is 139 g/mol. The molecule has 10 heavy (non-hydrogen) atoms. The summed E-state index contributed by atoms with van der Waals surface area (Å²) in [4.78, 5) is 0. The summed E-state index contributed by atoms with van der Waals surface area (Å²) < 4.78 is 0. The summed E-state index contributed by atoms with van der Waals surface area (Å²) in [6.45, 7) is 8.21. The Morgan fingerprint density at radius 1 is 1.70 bits per heavy atom. The first-order valence-corrected chi connectivity index (χ1v) is 3.23. The van der Waals surface area contributed by atoms with E-state index in [0.29, 0.717) is 0 Å². The van der Waals surface area contributed by atoms with E-state index in [4.69, 9.17) is 0 Å². The Kier molecular flexibility index (Phi) is 5.33. The van der Waals surface area contributed by atoms with Crippen LogP contribution in [0.15, 0.2) is 22.9 Å². The SMILES string of the molecule is C=C/C=N\N=C(/C)NCC. The number of hydrogen-bond acceptors (Lipinski definition) is 2. The van der Waals surface area contributed by atoms with Gasteiger partial charge in [-0.1, -0.05) is 6.58 Å². The molecule has 0 aliphatic rings. The smallest absolute Gasteiger partial charge is 0.121 e. The van der Waals surface area contributed by atoms with E-state index in [9.17, 15) is 0 Å². The van der Waals surface area contributed by atoms with Gasteiger partial charge in [-0.2, -0.15) is 5.10 Å². The van der Waals surface area contributed by atoms with E-state index >= 15 is 0 Å². The summed E-state index contributed by atoms with van der Waals surface area (Å²) in [6, 6.07) is 0. The van der Waals surface area contributed by atoms with Crippen molar-refractivity contribution < 1.29 is 0 Å². The zero-order valence-electron chi connectivity index (χ0n) is 6.46. The number of hydrogen-bond donors (Lipinski definition) is 1. The molecular weight excluding hydrogens is 126 g/mol. The second-order valence-electron chi connectivity index (χ2n) is 1.72. The minimum Gasteiger partial charge on any atom is -0.373 e. The predicted octanol–water partition coefficient (Wildman–Crippen LogP) is 1.19. The molecule has 1 N–H and O–H groups in total. The molecule has 0 heterocycles. The fraction of sp³-hybridized carbons (Fsp3) is 0.429. The van der Waals surface area contributed by atoms with Crippen molar-refractivity contribution in [3.8, 4) is 0 Å². The Morgan fingerprint density at radius 2 is 2.40 bits per heavy atom. The number of allylic oxidation sites excluding steroid dienone is 1. The van der Waals surface area contributed by atoms with Crippen molar-refractivity contribution in [2.45, 2.75) is 13.8 Å². The normalized spacial score (nSPS) is 12.0. The van der Waals surface area contributed by atoms with Gasteiger partial charge < -0.3 is 5.32 Å². The van der Waals surface area contributed by atoms with Gasteiger partial charge in [0.2, 0.25) is 0 Å². The summed E-state index contributed by atoms with van der Waals surface area (Å²) >= 11 is 0. The Hall–Kier alpha value is -1.12. The highest BCUT2D eigenvalue weighted by Gasteiger charge is 1.80. The summed E-state index contributed by atoms with van der Waals surface area (Å²) in [6.07, 6.45) is 3.13. The van der Waals surface area contributed by atoms with Gasteiger partial charge >= 0.3 is 0 Å². The second kappa shape index (κ2) is 6.01. The van der Waals surface area contributed by atoms with Crippen molar-refractivity contribution >= 4 is 12.1 Å². The van der Waals surface area contributed by atoms with Crippen molar-refractivity contribution in [1.29, 1.82) is 0 Å². The molecule has 3 heteroatoms. The van der Waals surface area contributed by atoms with Crippen LogP contribution >= 0.6 is 0 Å². The average Bonchev–Trinajstić information content (AvgIpc) is 1.89. The van der Waals surface area contributed by atoms with Gasteiger partial charge in [-0.3, -0.25) is 0 Å². The van der Waals surface area contributed by atoms with Crippen LogP contribution in [0.2, 0.25) is 0 Å². The zero-order chi connectivity index (χ0) is 7.82. The van der Waals surface area contributed by atoms with Crippen LogP contribution in [0.1, 0.15) is 13.8 Å². The third-order valence-corrected chi connectivity index (χ3v) is 0.812. The third-order valence-electron chi connectivity index (χ3n) is 0.812. The summed E-state index contributed by atoms with van der Waals surface area (Å²) in [5.41, 5.74) is 0. The van der Waals surface area contributed by atoms with Gasteiger partial charge in [0.1, 0.15) is 5.84 Å². The first-order valence-electron chi connectivity index (χ1n) is 3.23. The lowest BCUT2D eigenvalue weighted by Gasteiger charge is -1.96. The number of amidine groups is 1. The molecular formula is C7H13N3. The predicted molar refractivity (Wildman–Crippen MR) is 45.5 cm³/mol. The van der Waals surface area contributed by atoms with Gasteiger partial charge in [0.25, 0.3) is 0 Å². The lowest BCUT2D eigenvalue weighted by atomic mass is 10.6. The molecule has 0 rings (SSSR count). The van der Waals surface area contributed by atoms with Crippen LogP contribution in [-0.4, -0.2) is 18.6 Å². The quantitative estimate of drug-likeness (QED) is 0.356. The maximum absolute atomic E-state index is 3.81. The molecule has 0 fully saturated rings. The minimum absolute atomic E-state index is 0.820. The molecule has 0 aromatic rings. The minimum atomic E-state index is 0.820. The molecule has 0 spiro atoms. The second-order valence-corrected chi connectivity index (χ2v) is 1.72. The maximum Gasteiger partial charge on any atom is 0.121 e. The van der Waals surface area contributed by atoms with Crippen LogP contribution in [0.3, 0.4) is 0 Å². The van der Waals surface area contributed by atoms with E-state index in [1.54, 1.807) is 12.3 Å². The van der Waals surface area contributed by atoms with Crippen molar-refractivity contribution in [1.82, 2.24) is 5.32 Å². The molecule has 0 aliphatic heterocycles. The topological polar surface area (TPSA) is 36.8 Å². The fourth-order valence-corrected chi connectivity index (χ4v) is 0.458. The van der Waals surface area contributed by atoms with E-state index < -0.39 is 0 Å². The Morgan fingerprint density at radius 3 is 2.90 bits per heavy atom. The molecule has 3 nitrogen and oxygen atoms in total. The van der Waals surface area contributed by atoms with Gasteiger partial charge in [-0.15, -0.1) is 5.10 Å². The Labute approximate surface area is 61.5 Å². The van der Waals surface area contributed by atoms with Crippen LogP contribution < -0.4 is 5.32 Å². The Balaban J connectivity index is 3.67. The van der Waals surface area contributed by atoms with Crippen LogP contribution in [0.25, 0.3) is 0 Å². The van der Waals surface area contributed by atoms with Gasteiger partial charge in [-0.05, 0) is 19.9 Å². The summed E-state index contributed by atoms with van der Waals surface area (Å²) in [5, 5.41) is 10.5. The molecule has 0 radical (unpaired) electrons. The molecule has 0 saturated heterocycles. The van der Waals surface area contributed by atoms with Gasteiger partial charge in [0, 0.05) is 12.8 Å². The van der Waals surface area contributed by atoms with Crippen LogP contribution in [0.4, 0.5) is 0 Å². The molecule has 0 saturated carbocycles. The van der Waals surface area contributed by atoms with E-state index in [0.717, 1.165) is 12.4 Å². The zero-order valence-corrected chi connectivity index (χ0v) is 6.46. The largest absolute Gasteiger partial charge is 0.373 e. The van der Waals surface area contributed by atoms with Gasteiger partial charge in [0.15, 0.2) is 0 Å². The van der Waals surface area contributed by atoms with Crippen molar-refractivity contribution in [2.24, 2.45) is 10.2 Å². The number of nitrogens with one attached hydrogen (secondary N) is 1. The molecule has 56 valence electrons. The number of rotatable bonds is 3. The standard InChI is InChI=1S/C7H13N3/c1-4-6-9-10-7(3)8-5-2/h4,6H,1,5H2,2-3H3,(H,8,10)/b9-6-. The molecule has 0 bridgehead atoms. The lowest BCUT2D eigenvalue weighted by Crippen LogP contribution is -2.18. The molecule has 0 aromatic heterocycles. The molecule has 0 unspecified atom stereocenters. The highest BCUT2D eigenvalue weighted by Crippen LogP contribution is 1.73. The third kappa shape index (κ3) is 5.03. The summed E-state index contributed by atoms with van der Waals surface area (Å²) in [5.74, 6) is 0.820. The van der Waals surface area contributed by atoms with Crippen LogP contribution in [0, 0.1) is 0 Å². The van der Waals surface area contributed by atoms with E-state index in [1.807, 2.05) is 13.8 Å². The highest BCUT2D eigenvalue weighted by atomic mass is 15.2. The fourth-order valence-electron chi connectivity index (χ4n) is 0.458. The molecule has 0 aliphatic carbocycles. The van der Waals surface area contributed by atoms with E-state index in [1.165, 1.54) is 0 Å².